The summed E-state index contributed by atoms with van der Waals surface area (Å²) in [6.07, 6.45) is 2.49. The fraction of sp³-hybridized carbons (Fsp3) is 0.0833. The number of fused-ring (bicyclic) bond motifs is 1. The first-order valence-electron chi connectivity index (χ1n) is 5.09. The van der Waals surface area contributed by atoms with Gasteiger partial charge in [0.05, 0.1) is 10.9 Å². The van der Waals surface area contributed by atoms with E-state index in [0.29, 0.717) is 22.3 Å². The Morgan fingerprint density at radius 3 is 2.94 bits per heavy atom. The zero-order valence-electron chi connectivity index (χ0n) is 9.32. The van der Waals surface area contributed by atoms with Gasteiger partial charge in [0, 0.05) is 18.0 Å². The van der Waals surface area contributed by atoms with Crippen LogP contribution in [0.3, 0.4) is 0 Å². The molecule has 0 amide bonds. The minimum absolute atomic E-state index is 0.185. The van der Waals surface area contributed by atoms with Gasteiger partial charge < -0.3 is 16.1 Å². The quantitative estimate of drug-likeness (QED) is 0.673. The summed E-state index contributed by atoms with van der Waals surface area (Å²) in [7, 11) is 0. The van der Waals surface area contributed by atoms with Gasteiger partial charge in [0.25, 0.3) is 5.56 Å². The summed E-state index contributed by atoms with van der Waals surface area (Å²) >= 11 is 0. The molecular weight excluding hydrogens is 216 g/mol. The maximum Gasteiger partial charge on any atom is 0.258 e. The summed E-state index contributed by atoms with van der Waals surface area (Å²) < 4.78 is 0. The first-order chi connectivity index (χ1) is 8.15. The van der Waals surface area contributed by atoms with E-state index in [4.69, 9.17) is 11.1 Å². The van der Waals surface area contributed by atoms with Gasteiger partial charge in [-0.2, -0.15) is 0 Å². The SMILES string of the molecule is Cc1nc2ccc(/C(C=N)=C/N)cc2c(=O)[nH]1. The Morgan fingerprint density at radius 2 is 2.29 bits per heavy atom. The third kappa shape index (κ3) is 1.94. The van der Waals surface area contributed by atoms with Gasteiger partial charge in [0.1, 0.15) is 5.82 Å². The number of benzene rings is 1. The molecule has 1 heterocycles. The third-order valence-electron chi connectivity index (χ3n) is 2.49. The second-order valence-corrected chi connectivity index (χ2v) is 3.65. The molecule has 1 aromatic carbocycles. The molecule has 0 bridgehead atoms. The van der Waals surface area contributed by atoms with Crippen LogP contribution in [0.5, 0.6) is 0 Å². The molecule has 5 nitrogen and oxygen atoms in total. The minimum Gasteiger partial charge on any atom is -0.404 e. The van der Waals surface area contributed by atoms with Gasteiger partial charge in [-0.05, 0) is 24.6 Å². The lowest BCUT2D eigenvalue weighted by Gasteiger charge is -2.03. The van der Waals surface area contributed by atoms with Crippen LogP contribution in [0, 0.1) is 12.3 Å². The Labute approximate surface area is 97.5 Å². The predicted molar refractivity (Wildman–Crippen MR) is 68.0 cm³/mol. The summed E-state index contributed by atoms with van der Waals surface area (Å²) in [6.45, 7) is 1.73. The summed E-state index contributed by atoms with van der Waals surface area (Å²) in [5.74, 6) is 0.580. The molecule has 2 aromatic rings. The number of nitrogens with two attached hydrogens (primary N) is 1. The van der Waals surface area contributed by atoms with E-state index < -0.39 is 0 Å². The lowest BCUT2D eigenvalue weighted by atomic mass is 10.1. The zero-order valence-corrected chi connectivity index (χ0v) is 9.32. The average molecular weight is 228 g/mol. The molecule has 0 saturated heterocycles. The van der Waals surface area contributed by atoms with Gasteiger partial charge in [0.2, 0.25) is 0 Å². The molecular formula is C12H12N4O. The maximum absolute atomic E-state index is 11.7. The largest absolute Gasteiger partial charge is 0.404 e. The van der Waals surface area contributed by atoms with Gasteiger partial charge in [0.15, 0.2) is 0 Å². The highest BCUT2D eigenvalue weighted by Gasteiger charge is 2.04. The first kappa shape index (κ1) is 11.1. The fourth-order valence-electron chi connectivity index (χ4n) is 1.66. The number of aryl methyl sites for hydroxylation is 1. The Hall–Kier alpha value is -2.43. The standard InChI is InChI=1S/C12H12N4O/c1-7-15-11-3-2-8(9(5-13)6-14)4-10(11)12(17)16-7/h2-6,13H,14H2,1H3,(H,15,16,17)/b9-6+,13-5?. The summed E-state index contributed by atoms with van der Waals surface area (Å²) in [5.41, 5.74) is 7.15. The highest BCUT2D eigenvalue weighted by molar-refractivity contribution is 6.09. The van der Waals surface area contributed by atoms with E-state index in [2.05, 4.69) is 9.97 Å². The van der Waals surface area contributed by atoms with Crippen LogP contribution in [0.4, 0.5) is 0 Å². The van der Waals surface area contributed by atoms with E-state index in [9.17, 15) is 4.79 Å². The Bertz CT molecular complexity index is 670. The van der Waals surface area contributed by atoms with Gasteiger partial charge >= 0.3 is 0 Å². The minimum atomic E-state index is -0.185. The molecule has 0 saturated carbocycles. The molecule has 0 unspecified atom stereocenters. The summed E-state index contributed by atoms with van der Waals surface area (Å²) in [4.78, 5) is 18.6. The van der Waals surface area contributed by atoms with Crippen molar-refractivity contribution in [1.29, 1.82) is 5.41 Å². The monoisotopic (exact) mass is 228 g/mol. The maximum atomic E-state index is 11.7. The second kappa shape index (κ2) is 4.21. The van der Waals surface area contributed by atoms with Crippen LogP contribution in [0.15, 0.2) is 29.2 Å². The average Bonchev–Trinajstić information content (AvgIpc) is 2.31. The van der Waals surface area contributed by atoms with Crippen LogP contribution < -0.4 is 11.3 Å². The molecule has 5 heteroatoms. The highest BCUT2D eigenvalue weighted by atomic mass is 16.1. The number of nitrogens with one attached hydrogen (secondary N) is 2. The van der Waals surface area contributed by atoms with Crippen LogP contribution in [0.1, 0.15) is 11.4 Å². The van der Waals surface area contributed by atoms with E-state index in [1.807, 2.05) is 0 Å². The van der Waals surface area contributed by atoms with Crippen molar-refractivity contribution in [3.05, 3.63) is 46.1 Å². The molecule has 1 aromatic heterocycles. The second-order valence-electron chi connectivity index (χ2n) is 3.65. The van der Waals surface area contributed by atoms with Crippen molar-refractivity contribution >= 4 is 22.7 Å². The van der Waals surface area contributed by atoms with Crippen LogP contribution in [-0.4, -0.2) is 16.2 Å². The molecule has 0 atom stereocenters. The van der Waals surface area contributed by atoms with Gasteiger partial charge in [-0.25, -0.2) is 4.98 Å². The van der Waals surface area contributed by atoms with Crippen molar-refractivity contribution in [3.63, 3.8) is 0 Å². The topological polar surface area (TPSA) is 95.6 Å². The molecule has 0 fully saturated rings. The van der Waals surface area contributed by atoms with Crippen LogP contribution >= 0.6 is 0 Å². The first-order valence-corrected chi connectivity index (χ1v) is 5.09. The van der Waals surface area contributed by atoms with E-state index in [0.717, 1.165) is 11.8 Å². The van der Waals surface area contributed by atoms with Crippen LogP contribution in [-0.2, 0) is 0 Å². The fourth-order valence-corrected chi connectivity index (χ4v) is 1.66. The Balaban J connectivity index is 2.74. The molecule has 86 valence electrons. The summed E-state index contributed by atoms with van der Waals surface area (Å²) in [5, 5.41) is 7.71. The van der Waals surface area contributed by atoms with Crippen molar-refractivity contribution in [2.45, 2.75) is 6.92 Å². The van der Waals surface area contributed by atoms with Crippen molar-refractivity contribution in [1.82, 2.24) is 9.97 Å². The number of hydrogen-bond donors (Lipinski definition) is 3. The van der Waals surface area contributed by atoms with Crippen LogP contribution in [0.2, 0.25) is 0 Å². The molecule has 4 N–H and O–H groups in total. The van der Waals surface area contributed by atoms with Crippen molar-refractivity contribution in [2.75, 3.05) is 0 Å². The third-order valence-corrected chi connectivity index (χ3v) is 2.49. The molecule has 0 aliphatic carbocycles. The highest BCUT2D eigenvalue weighted by Crippen LogP contribution is 2.16. The number of aromatic nitrogens is 2. The number of nitrogens with zero attached hydrogens (tertiary/aromatic N) is 1. The Kier molecular flexibility index (Phi) is 2.74. The lowest BCUT2D eigenvalue weighted by Crippen LogP contribution is -2.10. The molecule has 0 radical (unpaired) electrons. The van der Waals surface area contributed by atoms with E-state index in [1.54, 1.807) is 25.1 Å². The van der Waals surface area contributed by atoms with Gasteiger partial charge in [-0.3, -0.25) is 4.79 Å². The number of aromatic amines is 1. The van der Waals surface area contributed by atoms with E-state index in [1.165, 1.54) is 6.20 Å². The van der Waals surface area contributed by atoms with E-state index in [-0.39, 0.29) is 5.56 Å². The number of H-pyrrole nitrogens is 1. The molecule has 17 heavy (non-hydrogen) atoms. The number of allylic oxidation sites excluding steroid dienone is 1. The predicted octanol–water partition coefficient (Wildman–Crippen LogP) is 1.18. The smallest absolute Gasteiger partial charge is 0.258 e. The lowest BCUT2D eigenvalue weighted by molar-refractivity contribution is 1.06. The molecule has 2 rings (SSSR count). The normalized spacial score (nSPS) is 11.7. The van der Waals surface area contributed by atoms with Crippen molar-refractivity contribution in [3.8, 4) is 0 Å². The van der Waals surface area contributed by atoms with Crippen LogP contribution in [0.25, 0.3) is 16.5 Å². The van der Waals surface area contributed by atoms with Crippen molar-refractivity contribution in [2.24, 2.45) is 5.73 Å². The molecule has 0 spiro atoms. The number of rotatable bonds is 2. The Morgan fingerprint density at radius 1 is 1.53 bits per heavy atom. The van der Waals surface area contributed by atoms with Crippen molar-refractivity contribution < 1.29 is 0 Å². The summed E-state index contributed by atoms with van der Waals surface area (Å²) in [6, 6.07) is 5.22. The zero-order chi connectivity index (χ0) is 12.4. The van der Waals surface area contributed by atoms with E-state index >= 15 is 0 Å². The molecule has 0 aliphatic heterocycles. The molecule has 0 aliphatic rings. The van der Waals surface area contributed by atoms with Gasteiger partial charge in [-0.15, -0.1) is 0 Å². The number of hydrogen-bond acceptors (Lipinski definition) is 4. The van der Waals surface area contributed by atoms with Gasteiger partial charge in [-0.1, -0.05) is 6.07 Å².